The molecule has 4 heteroatoms. The van der Waals surface area contributed by atoms with E-state index >= 15 is 0 Å². The van der Waals surface area contributed by atoms with E-state index < -0.39 is 5.60 Å². The van der Waals surface area contributed by atoms with Crippen molar-refractivity contribution in [2.24, 2.45) is 0 Å². The fraction of sp³-hybridized carbons (Fsp3) is 0.381. The van der Waals surface area contributed by atoms with Gasteiger partial charge >= 0.3 is 0 Å². The Labute approximate surface area is 154 Å². The van der Waals surface area contributed by atoms with Crippen LogP contribution in [-0.2, 0) is 11.3 Å². The van der Waals surface area contributed by atoms with E-state index in [9.17, 15) is 4.79 Å². The monoisotopic (exact) mass is 357 g/mol. The van der Waals surface area contributed by atoms with E-state index in [4.69, 9.17) is 16.3 Å². The third kappa shape index (κ3) is 4.35. The van der Waals surface area contributed by atoms with Gasteiger partial charge in [0.15, 0.2) is 5.60 Å². The second-order valence-electron chi connectivity index (χ2n) is 6.76. The van der Waals surface area contributed by atoms with Crippen LogP contribution in [-0.4, -0.2) is 11.5 Å². The van der Waals surface area contributed by atoms with Gasteiger partial charge in [0.2, 0.25) is 0 Å². The molecule has 0 spiro atoms. The summed E-state index contributed by atoms with van der Waals surface area (Å²) in [5.74, 6) is 0.532. The third-order valence-corrected chi connectivity index (χ3v) is 5.10. The van der Waals surface area contributed by atoms with Crippen LogP contribution in [0.3, 0.4) is 0 Å². The Hall–Kier alpha value is -2.00. The minimum Gasteiger partial charge on any atom is -0.476 e. The number of nitrogens with one attached hydrogen (secondary N) is 1. The zero-order valence-corrected chi connectivity index (χ0v) is 15.3. The highest BCUT2D eigenvalue weighted by Gasteiger charge is 2.42. The van der Waals surface area contributed by atoms with Crippen molar-refractivity contribution in [3.63, 3.8) is 0 Å². The number of ether oxygens (including phenoxy) is 1. The van der Waals surface area contributed by atoms with E-state index in [1.165, 1.54) is 5.56 Å². The summed E-state index contributed by atoms with van der Waals surface area (Å²) in [5.41, 5.74) is 1.47. The van der Waals surface area contributed by atoms with Gasteiger partial charge in [0.05, 0.1) is 5.02 Å². The van der Waals surface area contributed by atoms with Crippen LogP contribution in [0.4, 0.5) is 0 Å². The highest BCUT2D eigenvalue weighted by atomic mass is 35.5. The SMILES string of the molecule is Cc1ccc(CNC(=O)C2(Oc3ccccc3Cl)CCCCC2)cc1. The van der Waals surface area contributed by atoms with Crippen LogP contribution in [0.15, 0.2) is 48.5 Å². The second kappa shape index (κ2) is 7.92. The van der Waals surface area contributed by atoms with Gasteiger partial charge in [-0.25, -0.2) is 0 Å². The number of hydrogen-bond acceptors (Lipinski definition) is 2. The van der Waals surface area contributed by atoms with E-state index in [0.717, 1.165) is 37.7 Å². The third-order valence-electron chi connectivity index (χ3n) is 4.79. The van der Waals surface area contributed by atoms with Gasteiger partial charge in [-0.1, -0.05) is 60.0 Å². The molecule has 0 atom stereocenters. The van der Waals surface area contributed by atoms with Crippen molar-refractivity contribution in [2.45, 2.75) is 51.2 Å². The molecule has 0 aliphatic heterocycles. The van der Waals surface area contributed by atoms with E-state index in [-0.39, 0.29) is 5.91 Å². The van der Waals surface area contributed by atoms with Gasteiger partial charge in [-0.3, -0.25) is 4.79 Å². The molecule has 1 aliphatic rings. The minimum absolute atomic E-state index is 0.0484. The Morgan fingerprint density at radius 3 is 2.44 bits per heavy atom. The van der Waals surface area contributed by atoms with Gasteiger partial charge in [0.1, 0.15) is 5.75 Å². The Bertz CT molecular complexity index is 721. The molecule has 3 nitrogen and oxygen atoms in total. The van der Waals surface area contributed by atoms with E-state index in [1.54, 1.807) is 6.07 Å². The van der Waals surface area contributed by atoms with Gasteiger partial charge in [0, 0.05) is 6.54 Å². The largest absolute Gasteiger partial charge is 0.476 e. The lowest BCUT2D eigenvalue weighted by molar-refractivity contribution is -0.140. The van der Waals surface area contributed by atoms with E-state index in [2.05, 4.69) is 24.4 Å². The molecule has 1 fully saturated rings. The molecule has 1 N–H and O–H groups in total. The summed E-state index contributed by atoms with van der Waals surface area (Å²) in [6.45, 7) is 2.56. The maximum Gasteiger partial charge on any atom is 0.264 e. The molecule has 0 heterocycles. The second-order valence-corrected chi connectivity index (χ2v) is 7.16. The van der Waals surface area contributed by atoms with Crippen LogP contribution in [0.1, 0.15) is 43.2 Å². The molecule has 1 aliphatic carbocycles. The molecule has 1 saturated carbocycles. The fourth-order valence-corrected chi connectivity index (χ4v) is 3.46. The molecule has 1 amide bonds. The summed E-state index contributed by atoms with van der Waals surface area (Å²) in [6.07, 6.45) is 4.56. The lowest BCUT2D eigenvalue weighted by Gasteiger charge is -2.36. The maximum absolute atomic E-state index is 13.0. The number of rotatable bonds is 5. The number of amides is 1. The lowest BCUT2D eigenvalue weighted by atomic mass is 9.83. The van der Waals surface area contributed by atoms with Crippen LogP contribution in [0.2, 0.25) is 5.02 Å². The molecule has 0 unspecified atom stereocenters. The molecule has 0 saturated heterocycles. The number of carbonyl (C=O) groups is 1. The number of hydrogen-bond donors (Lipinski definition) is 1. The number of benzene rings is 2. The van der Waals surface area contributed by atoms with Crippen molar-refractivity contribution < 1.29 is 9.53 Å². The van der Waals surface area contributed by atoms with Crippen molar-refractivity contribution in [1.29, 1.82) is 0 Å². The predicted molar refractivity (Wildman–Crippen MR) is 101 cm³/mol. The topological polar surface area (TPSA) is 38.3 Å². The molecule has 0 bridgehead atoms. The van der Waals surface area contributed by atoms with Crippen molar-refractivity contribution in [2.75, 3.05) is 0 Å². The molecule has 3 rings (SSSR count). The first kappa shape index (κ1) is 17.8. The standard InChI is InChI=1S/C21H24ClNO2/c1-16-9-11-17(12-10-16)15-23-20(24)21(13-5-2-6-14-21)25-19-8-4-3-7-18(19)22/h3-4,7-12H,2,5-6,13-15H2,1H3,(H,23,24). The predicted octanol–water partition coefficient (Wildman–Crippen LogP) is 5.05. The summed E-state index contributed by atoms with van der Waals surface area (Å²) >= 11 is 6.24. The average molecular weight is 358 g/mol. The Morgan fingerprint density at radius 2 is 1.76 bits per heavy atom. The number of aryl methyl sites for hydroxylation is 1. The van der Waals surface area contributed by atoms with Crippen molar-refractivity contribution in [3.8, 4) is 5.75 Å². The lowest BCUT2D eigenvalue weighted by Crippen LogP contribution is -2.52. The van der Waals surface area contributed by atoms with Crippen molar-refractivity contribution in [3.05, 3.63) is 64.7 Å². The number of halogens is 1. The molecule has 2 aromatic carbocycles. The molecule has 0 aromatic heterocycles. The summed E-state index contributed by atoms with van der Waals surface area (Å²) in [5, 5.41) is 3.60. The van der Waals surface area contributed by atoms with Crippen molar-refractivity contribution >= 4 is 17.5 Å². The molecule has 25 heavy (non-hydrogen) atoms. The van der Waals surface area contributed by atoms with Crippen LogP contribution in [0.25, 0.3) is 0 Å². The zero-order valence-electron chi connectivity index (χ0n) is 14.6. The molecule has 2 aromatic rings. The smallest absolute Gasteiger partial charge is 0.264 e. The number of para-hydroxylation sites is 1. The normalized spacial score (nSPS) is 16.2. The van der Waals surface area contributed by atoms with Crippen LogP contribution in [0, 0.1) is 6.92 Å². The van der Waals surface area contributed by atoms with Gasteiger partial charge in [0.25, 0.3) is 5.91 Å². The molecule has 132 valence electrons. The highest BCUT2D eigenvalue weighted by molar-refractivity contribution is 6.32. The maximum atomic E-state index is 13.0. The summed E-state index contributed by atoms with van der Waals surface area (Å²) in [6, 6.07) is 15.5. The fourth-order valence-electron chi connectivity index (χ4n) is 3.29. The summed E-state index contributed by atoms with van der Waals surface area (Å²) in [7, 11) is 0. The van der Waals surface area contributed by atoms with Gasteiger partial charge in [-0.05, 0) is 50.3 Å². The van der Waals surface area contributed by atoms with Gasteiger partial charge in [-0.15, -0.1) is 0 Å². The van der Waals surface area contributed by atoms with Crippen LogP contribution < -0.4 is 10.1 Å². The van der Waals surface area contributed by atoms with Gasteiger partial charge < -0.3 is 10.1 Å². The van der Waals surface area contributed by atoms with Crippen LogP contribution >= 0.6 is 11.6 Å². The summed E-state index contributed by atoms with van der Waals surface area (Å²) in [4.78, 5) is 13.0. The van der Waals surface area contributed by atoms with E-state index in [0.29, 0.717) is 17.3 Å². The minimum atomic E-state index is -0.825. The first-order valence-corrected chi connectivity index (χ1v) is 9.24. The van der Waals surface area contributed by atoms with Crippen LogP contribution in [0.5, 0.6) is 5.75 Å². The Morgan fingerprint density at radius 1 is 1.08 bits per heavy atom. The first-order valence-electron chi connectivity index (χ1n) is 8.86. The zero-order chi connectivity index (χ0) is 17.7. The summed E-state index contributed by atoms with van der Waals surface area (Å²) < 4.78 is 6.20. The molecular weight excluding hydrogens is 334 g/mol. The quantitative estimate of drug-likeness (QED) is 0.813. The Kier molecular flexibility index (Phi) is 5.64. The number of carbonyl (C=O) groups excluding carboxylic acids is 1. The first-order chi connectivity index (χ1) is 12.1. The van der Waals surface area contributed by atoms with Gasteiger partial charge in [-0.2, -0.15) is 0 Å². The molecule has 0 radical (unpaired) electrons. The Balaban J connectivity index is 1.74. The van der Waals surface area contributed by atoms with E-state index in [1.807, 2.05) is 30.3 Å². The highest BCUT2D eigenvalue weighted by Crippen LogP contribution is 2.36. The average Bonchev–Trinajstić information content (AvgIpc) is 2.64. The van der Waals surface area contributed by atoms with Crippen molar-refractivity contribution in [1.82, 2.24) is 5.32 Å². The molecular formula is C21H24ClNO2.